The molecule has 0 aliphatic carbocycles. The van der Waals surface area contributed by atoms with Crippen LogP contribution in [0.15, 0.2) is 94.7 Å². The maximum atomic E-state index is 11.9. The van der Waals surface area contributed by atoms with E-state index in [1.54, 1.807) is 48.5 Å². The largest absolute Gasteiger partial charge is 0.481 e. The first-order valence-electron chi connectivity index (χ1n) is 14.2. The van der Waals surface area contributed by atoms with Crippen LogP contribution < -0.4 is 0 Å². The van der Waals surface area contributed by atoms with Crippen molar-refractivity contribution in [2.24, 2.45) is 0 Å². The smallest absolute Gasteiger partial charge is 0.307 e. The summed E-state index contributed by atoms with van der Waals surface area (Å²) >= 11 is 5.86. The zero-order chi connectivity index (χ0) is 34.4. The van der Waals surface area contributed by atoms with E-state index in [2.05, 4.69) is 0 Å². The lowest BCUT2D eigenvalue weighted by Crippen LogP contribution is -1.99. The quantitative estimate of drug-likeness (QED) is 0.134. The number of benzene rings is 2. The summed E-state index contributed by atoms with van der Waals surface area (Å²) < 4.78 is 47.5. The van der Waals surface area contributed by atoms with E-state index < -0.39 is 31.6 Å². The van der Waals surface area contributed by atoms with Gasteiger partial charge >= 0.3 is 11.9 Å². The van der Waals surface area contributed by atoms with Crippen molar-refractivity contribution in [2.45, 2.75) is 22.6 Å². The van der Waals surface area contributed by atoms with Crippen molar-refractivity contribution in [1.82, 2.24) is 0 Å². The molecule has 0 spiro atoms. The van der Waals surface area contributed by atoms with Gasteiger partial charge in [0.25, 0.3) is 0 Å². The van der Waals surface area contributed by atoms with E-state index in [1.165, 1.54) is 45.3 Å². The molecule has 0 saturated carbocycles. The Morgan fingerprint density at radius 3 is 1.15 bits per heavy atom. The zero-order valence-corrected chi connectivity index (χ0v) is 30.2. The van der Waals surface area contributed by atoms with Gasteiger partial charge in [-0.1, -0.05) is 24.3 Å². The number of hydrogen-bond donors (Lipinski definition) is 2. The highest BCUT2D eigenvalue weighted by Gasteiger charge is 2.22. The van der Waals surface area contributed by atoms with E-state index in [0.717, 1.165) is 62.7 Å². The van der Waals surface area contributed by atoms with Gasteiger partial charge in [-0.3, -0.25) is 9.59 Å². The Kier molecular flexibility index (Phi) is 9.32. The van der Waals surface area contributed by atoms with Crippen LogP contribution in [0.4, 0.5) is 0 Å². The maximum Gasteiger partial charge on any atom is 0.307 e. The molecule has 6 aromatic rings. The van der Waals surface area contributed by atoms with Crippen molar-refractivity contribution in [3.05, 3.63) is 96.1 Å². The molecule has 48 heavy (non-hydrogen) atoms. The van der Waals surface area contributed by atoms with Gasteiger partial charge in [-0.15, -0.1) is 45.3 Å². The van der Waals surface area contributed by atoms with E-state index in [1.807, 2.05) is 36.4 Å². The molecule has 0 amide bonds. The summed E-state index contributed by atoms with van der Waals surface area (Å²) in [6, 6.07) is 24.7. The Morgan fingerprint density at radius 2 is 0.833 bits per heavy atom. The summed E-state index contributed by atoms with van der Waals surface area (Å²) in [6.07, 6.45) is 1.95. The monoisotopic (exact) mass is 754 g/mol. The third kappa shape index (κ3) is 7.38. The second kappa shape index (κ2) is 13.2. The first-order valence-corrected chi connectivity index (χ1v) is 21.2. The summed E-state index contributed by atoms with van der Waals surface area (Å²) in [7, 11) is -6.65. The van der Waals surface area contributed by atoms with Gasteiger partial charge in [0.2, 0.25) is 0 Å². The summed E-state index contributed by atoms with van der Waals surface area (Å²) in [5.41, 5.74) is 2.99. The lowest BCUT2D eigenvalue weighted by atomic mass is 10.1. The van der Waals surface area contributed by atoms with Crippen molar-refractivity contribution < 1.29 is 36.6 Å². The van der Waals surface area contributed by atoms with Crippen LogP contribution in [0, 0.1) is 0 Å². The van der Waals surface area contributed by atoms with Gasteiger partial charge < -0.3 is 10.2 Å². The van der Waals surface area contributed by atoms with Crippen LogP contribution in [0.25, 0.3) is 50.1 Å². The van der Waals surface area contributed by atoms with Gasteiger partial charge in [0.1, 0.15) is 0 Å². The minimum absolute atomic E-state index is 0.186. The third-order valence-electron chi connectivity index (χ3n) is 7.34. The predicted octanol–water partition coefficient (Wildman–Crippen LogP) is 8.33. The molecule has 2 aromatic carbocycles. The fraction of sp³-hybridized carbons (Fsp3) is 0.118. The van der Waals surface area contributed by atoms with E-state index in [4.69, 9.17) is 0 Å². The van der Waals surface area contributed by atoms with Gasteiger partial charge in [-0.2, -0.15) is 0 Å². The van der Waals surface area contributed by atoms with Crippen molar-refractivity contribution in [3.63, 3.8) is 0 Å². The molecular formula is C34H26O8S6. The van der Waals surface area contributed by atoms with Gasteiger partial charge in [-0.05, 0) is 82.9 Å². The highest BCUT2D eigenvalue weighted by Crippen LogP contribution is 2.48. The topological polar surface area (TPSA) is 143 Å². The average molecular weight is 755 g/mol. The summed E-state index contributed by atoms with van der Waals surface area (Å²) in [6.45, 7) is 0. The number of rotatable bonds is 11. The first kappa shape index (κ1) is 34.0. The Bertz CT molecular complexity index is 2220. The van der Waals surface area contributed by atoms with Crippen molar-refractivity contribution in [1.29, 1.82) is 0 Å². The Labute approximate surface area is 293 Å². The fourth-order valence-corrected chi connectivity index (χ4v) is 11.1. The van der Waals surface area contributed by atoms with E-state index in [0.29, 0.717) is 11.1 Å². The molecule has 14 heteroatoms. The third-order valence-corrected chi connectivity index (χ3v) is 14.8. The molecule has 0 fully saturated rings. The van der Waals surface area contributed by atoms with Gasteiger partial charge in [0.05, 0.1) is 22.6 Å². The van der Waals surface area contributed by atoms with E-state index in [9.17, 15) is 36.6 Å². The highest BCUT2D eigenvalue weighted by atomic mass is 32.2. The summed E-state index contributed by atoms with van der Waals surface area (Å²) in [4.78, 5) is 31.0. The van der Waals surface area contributed by atoms with Gasteiger partial charge in [0.15, 0.2) is 19.7 Å². The van der Waals surface area contributed by atoms with E-state index in [-0.39, 0.29) is 22.6 Å². The molecular weight excluding hydrogens is 729 g/mol. The van der Waals surface area contributed by atoms with Crippen LogP contribution in [0.2, 0.25) is 0 Å². The number of thiophene rings is 4. The minimum Gasteiger partial charge on any atom is -0.481 e. The fourth-order valence-electron chi connectivity index (χ4n) is 5.07. The molecule has 0 unspecified atom stereocenters. The van der Waals surface area contributed by atoms with Gasteiger partial charge in [-0.25, -0.2) is 16.8 Å². The van der Waals surface area contributed by atoms with Crippen LogP contribution >= 0.6 is 45.3 Å². The van der Waals surface area contributed by atoms with Gasteiger partial charge in [0, 0.05) is 51.5 Å². The molecule has 0 atom stereocenters. The molecule has 0 saturated heterocycles. The Morgan fingerprint density at radius 1 is 0.500 bits per heavy atom. The molecule has 0 aliphatic rings. The molecule has 4 aromatic heterocycles. The highest BCUT2D eigenvalue weighted by molar-refractivity contribution is 7.91. The minimum atomic E-state index is -3.32. The predicted molar refractivity (Wildman–Crippen MR) is 194 cm³/mol. The molecule has 4 heterocycles. The number of carboxylic acid groups (broad SMARTS) is 2. The lowest BCUT2D eigenvalue weighted by Gasteiger charge is -2.01. The summed E-state index contributed by atoms with van der Waals surface area (Å²) in [5.74, 6) is -1.94. The van der Waals surface area contributed by atoms with Crippen molar-refractivity contribution in [3.8, 4) is 50.1 Å². The zero-order valence-electron chi connectivity index (χ0n) is 25.3. The maximum absolute atomic E-state index is 11.9. The van der Waals surface area contributed by atoms with Crippen LogP contribution in [0.3, 0.4) is 0 Å². The van der Waals surface area contributed by atoms with Crippen molar-refractivity contribution >= 4 is 77.0 Å². The van der Waals surface area contributed by atoms with Crippen LogP contribution in [-0.2, 0) is 42.1 Å². The molecule has 0 aliphatic heterocycles. The number of hydrogen-bond acceptors (Lipinski definition) is 10. The second-order valence-electron chi connectivity index (χ2n) is 11.0. The molecule has 246 valence electrons. The molecule has 8 nitrogen and oxygen atoms in total. The number of carbonyl (C=O) groups is 2. The average Bonchev–Trinajstić information content (AvgIpc) is 3.82. The molecule has 0 bridgehead atoms. The number of sulfone groups is 2. The lowest BCUT2D eigenvalue weighted by molar-refractivity contribution is -0.137. The van der Waals surface area contributed by atoms with Crippen LogP contribution in [0.1, 0.15) is 11.1 Å². The normalized spacial score (nSPS) is 12.0. The SMILES string of the molecule is CS(=O)(=O)c1ccc(-c2ccc(-c3sc(-c4cc(CC(=O)O)c(-c5ccc(-c6ccc(S(C)(=O)=O)cc6)s5)s4)cc3CC(=O)O)s2)cc1. The molecule has 6 rings (SSSR count). The summed E-state index contributed by atoms with van der Waals surface area (Å²) in [5, 5.41) is 19.4. The number of aliphatic carboxylic acids is 2. The van der Waals surface area contributed by atoms with E-state index >= 15 is 0 Å². The first-order chi connectivity index (χ1) is 22.7. The molecule has 2 N–H and O–H groups in total. The standard InChI is InChI=1S/C34H26O8S6/c1-47(39,40)23-7-3-19(4-8-23)25-11-13-27(43-25)33-21(17-31(35)36)15-29(45-33)30-16-22(18-32(37)38)34(46-30)28-14-12-26(44-28)20-5-9-24(10-6-20)48(2,41)42/h3-16H,17-18H2,1-2H3,(H,35,36)(H,37,38). The Hall–Kier alpha value is -3.92. The van der Waals surface area contributed by atoms with Crippen molar-refractivity contribution in [2.75, 3.05) is 12.5 Å². The second-order valence-corrected chi connectivity index (χ2v) is 19.3. The number of carboxylic acids is 2. The van der Waals surface area contributed by atoms with Crippen LogP contribution in [0.5, 0.6) is 0 Å². The van der Waals surface area contributed by atoms with Crippen LogP contribution in [-0.4, -0.2) is 51.5 Å². The Balaban J connectivity index is 1.36. The molecule has 0 radical (unpaired) electrons.